The summed E-state index contributed by atoms with van der Waals surface area (Å²) >= 11 is 0. The van der Waals surface area contributed by atoms with Crippen molar-refractivity contribution >= 4 is 0 Å². The molecule has 3 nitrogen and oxygen atoms in total. The fourth-order valence-electron chi connectivity index (χ4n) is 0.945. The Balaban J connectivity index is 1.95. The fourth-order valence-corrected chi connectivity index (χ4v) is 0.945. The average molecular weight is 158 g/mol. The highest BCUT2D eigenvalue weighted by atomic mass is 16.5. The van der Waals surface area contributed by atoms with Gasteiger partial charge in [0.2, 0.25) is 0 Å². The van der Waals surface area contributed by atoms with Gasteiger partial charge in [0.1, 0.15) is 0 Å². The van der Waals surface area contributed by atoms with E-state index in [-0.39, 0.29) is 11.6 Å². The van der Waals surface area contributed by atoms with Crippen LogP contribution in [0.5, 0.6) is 0 Å². The predicted molar refractivity (Wildman–Crippen MR) is 45.5 cm³/mol. The summed E-state index contributed by atoms with van der Waals surface area (Å²) in [5.41, 5.74) is 5.99. The lowest BCUT2D eigenvalue weighted by molar-refractivity contribution is 0.117. The van der Waals surface area contributed by atoms with Crippen molar-refractivity contribution in [2.75, 3.05) is 20.2 Å². The van der Waals surface area contributed by atoms with Gasteiger partial charge in [-0.2, -0.15) is 0 Å². The minimum absolute atomic E-state index is 0.119. The summed E-state index contributed by atoms with van der Waals surface area (Å²) in [6.45, 7) is 3.87. The largest absolute Gasteiger partial charge is 0.380 e. The zero-order chi connectivity index (χ0) is 8.32. The van der Waals surface area contributed by atoms with Crippen molar-refractivity contribution in [3.05, 3.63) is 0 Å². The lowest BCUT2D eigenvalue weighted by Crippen LogP contribution is -2.38. The van der Waals surface area contributed by atoms with Crippen LogP contribution < -0.4 is 11.1 Å². The Labute approximate surface area is 68.3 Å². The molecule has 11 heavy (non-hydrogen) atoms. The standard InChI is InChI=1S/C8H18N2O/c1-7(11-2)5-10-6-8(9)3-4-8/h7,10H,3-6,9H2,1-2H3. The number of rotatable bonds is 5. The Kier molecular flexibility index (Phi) is 2.87. The van der Waals surface area contributed by atoms with Gasteiger partial charge in [0.25, 0.3) is 0 Å². The monoisotopic (exact) mass is 158 g/mol. The highest BCUT2D eigenvalue weighted by Crippen LogP contribution is 2.30. The Hall–Kier alpha value is -0.120. The van der Waals surface area contributed by atoms with Gasteiger partial charge in [0.15, 0.2) is 0 Å². The van der Waals surface area contributed by atoms with Crippen LogP contribution >= 0.6 is 0 Å². The molecular weight excluding hydrogens is 140 g/mol. The summed E-state index contributed by atoms with van der Waals surface area (Å²) in [5.74, 6) is 0. The summed E-state index contributed by atoms with van der Waals surface area (Å²) in [6.07, 6.45) is 2.63. The van der Waals surface area contributed by atoms with Gasteiger partial charge in [-0.15, -0.1) is 0 Å². The molecule has 1 aliphatic carbocycles. The molecule has 1 unspecified atom stereocenters. The van der Waals surface area contributed by atoms with Gasteiger partial charge < -0.3 is 15.8 Å². The Morgan fingerprint density at radius 2 is 2.27 bits per heavy atom. The van der Waals surface area contributed by atoms with Gasteiger partial charge in [-0.05, 0) is 19.8 Å². The first-order valence-electron chi connectivity index (χ1n) is 4.19. The van der Waals surface area contributed by atoms with Crippen molar-refractivity contribution in [3.8, 4) is 0 Å². The van der Waals surface area contributed by atoms with Crippen LogP contribution in [-0.2, 0) is 4.74 Å². The molecule has 0 radical (unpaired) electrons. The van der Waals surface area contributed by atoms with Gasteiger partial charge in [-0.25, -0.2) is 0 Å². The number of nitrogens with two attached hydrogens (primary N) is 1. The lowest BCUT2D eigenvalue weighted by Gasteiger charge is -2.13. The van der Waals surface area contributed by atoms with E-state index in [4.69, 9.17) is 10.5 Å². The fraction of sp³-hybridized carbons (Fsp3) is 1.00. The summed E-state index contributed by atoms with van der Waals surface area (Å²) in [7, 11) is 1.72. The van der Waals surface area contributed by atoms with Crippen molar-refractivity contribution in [3.63, 3.8) is 0 Å². The van der Waals surface area contributed by atoms with Crippen LogP contribution in [0.25, 0.3) is 0 Å². The molecule has 3 N–H and O–H groups in total. The van der Waals surface area contributed by atoms with E-state index in [2.05, 4.69) is 5.32 Å². The molecule has 0 bridgehead atoms. The summed E-state index contributed by atoms with van der Waals surface area (Å²) in [5, 5.41) is 3.29. The van der Waals surface area contributed by atoms with Gasteiger partial charge in [0, 0.05) is 25.7 Å². The second-order valence-corrected chi connectivity index (χ2v) is 3.54. The molecule has 1 atom stereocenters. The van der Waals surface area contributed by atoms with E-state index < -0.39 is 0 Å². The maximum absolute atomic E-state index is 5.87. The van der Waals surface area contributed by atoms with Gasteiger partial charge in [-0.3, -0.25) is 0 Å². The third-order valence-corrected chi connectivity index (χ3v) is 2.20. The molecule has 1 saturated carbocycles. The summed E-state index contributed by atoms with van der Waals surface area (Å²) in [6, 6.07) is 0. The number of hydrogen-bond donors (Lipinski definition) is 2. The number of methoxy groups -OCH3 is 1. The topological polar surface area (TPSA) is 47.3 Å². The third-order valence-electron chi connectivity index (χ3n) is 2.20. The molecule has 1 rings (SSSR count). The predicted octanol–water partition coefficient (Wildman–Crippen LogP) is 0.102. The van der Waals surface area contributed by atoms with E-state index in [1.54, 1.807) is 7.11 Å². The van der Waals surface area contributed by atoms with Crippen LogP contribution in [0.4, 0.5) is 0 Å². The average Bonchev–Trinajstić information content (AvgIpc) is 2.68. The normalized spacial score (nSPS) is 23.2. The van der Waals surface area contributed by atoms with E-state index in [1.807, 2.05) is 6.92 Å². The molecule has 0 aromatic carbocycles. The summed E-state index contributed by atoms with van der Waals surface area (Å²) < 4.78 is 5.08. The van der Waals surface area contributed by atoms with Crippen molar-refractivity contribution in [2.24, 2.45) is 5.73 Å². The quantitative estimate of drug-likeness (QED) is 0.596. The first-order chi connectivity index (χ1) is 5.16. The van der Waals surface area contributed by atoms with Crippen LogP contribution in [0.2, 0.25) is 0 Å². The Morgan fingerprint density at radius 1 is 1.64 bits per heavy atom. The van der Waals surface area contributed by atoms with Gasteiger partial charge >= 0.3 is 0 Å². The SMILES string of the molecule is COC(C)CNCC1(N)CC1. The Morgan fingerprint density at radius 3 is 2.73 bits per heavy atom. The van der Waals surface area contributed by atoms with E-state index in [9.17, 15) is 0 Å². The number of ether oxygens (including phenoxy) is 1. The van der Waals surface area contributed by atoms with Crippen molar-refractivity contribution in [1.82, 2.24) is 5.32 Å². The van der Waals surface area contributed by atoms with Gasteiger partial charge in [-0.1, -0.05) is 0 Å². The zero-order valence-electron chi connectivity index (χ0n) is 7.39. The van der Waals surface area contributed by atoms with Crippen LogP contribution in [-0.4, -0.2) is 31.8 Å². The molecule has 0 aromatic rings. The first kappa shape index (κ1) is 8.97. The lowest BCUT2D eigenvalue weighted by atomic mass is 10.3. The van der Waals surface area contributed by atoms with E-state index >= 15 is 0 Å². The molecule has 0 aromatic heterocycles. The number of nitrogens with one attached hydrogen (secondary N) is 1. The van der Waals surface area contributed by atoms with Crippen LogP contribution in [0.15, 0.2) is 0 Å². The van der Waals surface area contributed by atoms with Crippen molar-refractivity contribution in [1.29, 1.82) is 0 Å². The van der Waals surface area contributed by atoms with Crippen molar-refractivity contribution < 1.29 is 4.74 Å². The smallest absolute Gasteiger partial charge is 0.0667 e. The molecule has 3 heteroatoms. The van der Waals surface area contributed by atoms with Crippen LogP contribution in [0.1, 0.15) is 19.8 Å². The second-order valence-electron chi connectivity index (χ2n) is 3.54. The van der Waals surface area contributed by atoms with E-state index in [0.29, 0.717) is 0 Å². The molecule has 0 saturated heterocycles. The molecule has 0 spiro atoms. The molecule has 0 aliphatic heterocycles. The minimum Gasteiger partial charge on any atom is -0.380 e. The van der Waals surface area contributed by atoms with E-state index in [0.717, 1.165) is 13.1 Å². The molecular formula is C8H18N2O. The first-order valence-corrected chi connectivity index (χ1v) is 4.19. The van der Waals surface area contributed by atoms with Crippen LogP contribution in [0.3, 0.4) is 0 Å². The van der Waals surface area contributed by atoms with Crippen LogP contribution in [0, 0.1) is 0 Å². The second kappa shape index (κ2) is 3.52. The highest BCUT2D eigenvalue weighted by Gasteiger charge is 2.37. The van der Waals surface area contributed by atoms with Gasteiger partial charge in [0.05, 0.1) is 6.10 Å². The maximum Gasteiger partial charge on any atom is 0.0667 e. The molecule has 66 valence electrons. The summed E-state index contributed by atoms with van der Waals surface area (Å²) in [4.78, 5) is 0. The molecule has 1 aliphatic rings. The highest BCUT2D eigenvalue weighted by molar-refractivity contribution is 5.00. The molecule has 1 fully saturated rings. The maximum atomic E-state index is 5.87. The Bertz CT molecular complexity index is 123. The third kappa shape index (κ3) is 3.18. The minimum atomic E-state index is 0.119. The van der Waals surface area contributed by atoms with Crippen molar-refractivity contribution in [2.45, 2.75) is 31.4 Å². The molecule has 0 amide bonds. The number of hydrogen-bond acceptors (Lipinski definition) is 3. The van der Waals surface area contributed by atoms with E-state index in [1.165, 1.54) is 12.8 Å². The molecule has 0 heterocycles. The zero-order valence-corrected chi connectivity index (χ0v) is 7.39.